The summed E-state index contributed by atoms with van der Waals surface area (Å²) in [5.74, 6) is 1.08. The van der Waals surface area contributed by atoms with Crippen molar-refractivity contribution in [2.24, 2.45) is 0 Å². The van der Waals surface area contributed by atoms with Crippen LogP contribution in [0.3, 0.4) is 0 Å². The van der Waals surface area contributed by atoms with Crippen LogP contribution in [0, 0.1) is 0 Å². The van der Waals surface area contributed by atoms with Crippen molar-refractivity contribution >= 4 is 22.9 Å². The number of imidazole rings is 1. The van der Waals surface area contributed by atoms with E-state index in [0.717, 1.165) is 11.3 Å². The zero-order chi connectivity index (χ0) is 17.2. The lowest BCUT2D eigenvalue weighted by Crippen LogP contribution is -2.13. The quantitative estimate of drug-likeness (QED) is 0.586. The van der Waals surface area contributed by atoms with E-state index in [-0.39, 0.29) is 5.69 Å². The van der Waals surface area contributed by atoms with E-state index in [9.17, 15) is 4.79 Å². The Hall–Kier alpha value is -3.75. The lowest BCUT2D eigenvalue weighted by molar-refractivity contribution is 0.101. The number of aromatic amines is 1. The molecule has 4 aromatic rings. The SMILES string of the molecule is COc1ccc(-c2cc(C(=O)Nc3ncnc4nc[nH]c34)no2)cc1. The van der Waals surface area contributed by atoms with Gasteiger partial charge in [-0.3, -0.25) is 4.79 Å². The Labute approximate surface area is 141 Å². The van der Waals surface area contributed by atoms with Crippen LogP contribution in [0.15, 0.2) is 47.5 Å². The maximum absolute atomic E-state index is 12.4. The maximum Gasteiger partial charge on any atom is 0.279 e. The first kappa shape index (κ1) is 14.8. The molecule has 9 heteroatoms. The average molecular weight is 336 g/mol. The molecular weight excluding hydrogens is 324 g/mol. The fourth-order valence-corrected chi connectivity index (χ4v) is 2.30. The third-order valence-electron chi connectivity index (χ3n) is 3.57. The van der Waals surface area contributed by atoms with Crippen molar-refractivity contribution in [2.45, 2.75) is 0 Å². The summed E-state index contributed by atoms with van der Waals surface area (Å²) in [6, 6.07) is 8.79. The Morgan fingerprint density at radius 1 is 1.20 bits per heavy atom. The number of fused-ring (bicyclic) bond motifs is 1. The number of anilines is 1. The van der Waals surface area contributed by atoms with Crippen LogP contribution in [0.2, 0.25) is 0 Å². The van der Waals surface area contributed by atoms with Gasteiger partial charge >= 0.3 is 0 Å². The molecule has 0 aliphatic rings. The second kappa shape index (κ2) is 6.04. The molecule has 25 heavy (non-hydrogen) atoms. The van der Waals surface area contributed by atoms with Gasteiger partial charge in [-0.15, -0.1) is 0 Å². The first-order chi connectivity index (χ1) is 12.2. The highest BCUT2D eigenvalue weighted by Crippen LogP contribution is 2.23. The highest BCUT2D eigenvalue weighted by molar-refractivity contribution is 6.05. The lowest BCUT2D eigenvalue weighted by Gasteiger charge is -2.01. The third kappa shape index (κ3) is 2.78. The summed E-state index contributed by atoms with van der Waals surface area (Å²) in [6.45, 7) is 0. The number of ether oxygens (including phenoxy) is 1. The summed E-state index contributed by atoms with van der Waals surface area (Å²) >= 11 is 0. The molecule has 0 radical (unpaired) electrons. The largest absolute Gasteiger partial charge is 0.497 e. The molecule has 0 aliphatic carbocycles. The zero-order valence-corrected chi connectivity index (χ0v) is 13.1. The summed E-state index contributed by atoms with van der Waals surface area (Å²) in [5, 5.41) is 6.48. The number of amides is 1. The predicted octanol–water partition coefficient (Wildman–Crippen LogP) is 2.27. The minimum atomic E-state index is -0.446. The van der Waals surface area contributed by atoms with Crippen molar-refractivity contribution in [3.63, 3.8) is 0 Å². The first-order valence-electron chi connectivity index (χ1n) is 7.31. The van der Waals surface area contributed by atoms with Crippen LogP contribution in [0.5, 0.6) is 5.75 Å². The minimum Gasteiger partial charge on any atom is -0.497 e. The van der Waals surface area contributed by atoms with Crippen molar-refractivity contribution in [1.82, 2.24) is 25.1 Å². The van der Waals surface area contributed by atoms with E-state index in [2.05, 4.69) is 30.4 Å². The number of hydrogen-bond donors (Lipinski definition) is 2. The Morgan fingerprint density at radius 2 is 2.04 bits per heavy atom. The number of hydrogen-bond acceptors (Lipinski definition) is 7. The first-order valence-corrected chi connectivity index (χ1v) is 7.31. The number of aromatic nitrogens is 5. The van der Waals surface area contributed by atoms with Gasteiger partial charge in [0.2, 0.25) is 0 Å². The molecule has 9 nitrogen and oxygen atoms in total. The zero-order valence-electron chi connectivity index (χ0n) is 13.1. The molecule has 0 spiro atoms. The number of H-pyrrole nitrogens is 1. The number of nitrogens with one attached hydrogen (secondary N) is 2. The highest BCUT2D eigenvalue weighted by Gasteiger charge is 2.16. The normalized spacial score (nSPS) is 10.8. The van der Waals surface area contributed by atoms with Gasteiger partial charge in [-0.1, -0.05) is 5.16 Å². The van der Waals surface area contributed by atoms with Gasteiger partial charge in [0.15, 0.2) is 22.9 Å². The molecule has 0 atom stereocenters. The van der Waals surface area contributed by atoms with Crippen LogP contribution >= 0.6 is 0 Å². The smallest absolute Gasteiger partial charge is 0.279 e. The monoisotopic (exact) mass is 336 g/mol. The molecule has 1 aromatic carbocycles. The molecular formula is C16H12N6O3. The third-order valence-corrected chi connectivity index (χ3v) is 3.57. The summed E-state index contributed by atoms with van der Waals surface area (Å²) in [4.78, 5) is 27.3. The number of rotatable bonds is 4. The summed E-state index contributed by atoms with van der Waals surface area (Å²) < 4.78 is 10.4. The lowest BCUT2D eigenvalue weighted by atomic mass is 10.1. The van der Waals surface area contributed by atoms with Crippen LogP contribution in [-0.2, 0) is 0 Å². The molecule has 3 heterocycles. The van der Waals surface area contributed by atoms with Crippen LogP contribution in [-0.4, -0.2) is 38.1 Å². The maximum atomic E-state index is 12.4. The van der Waals surface area contributed by atoms with E-state index in [1.54, 1.807) is 25.3 Å². The predicted molar refractivity (Wildman–Crippen MR) is 88.1 cm³/mol. The van der Waals surface area contributed by atoms with E-state index in [0.29, 0.717) is 22.7 Å². The molecule has 0 saturated carbocycles. The fraction of sp³-hybridized carbons (Fsp3) is 0.0625. The van der Waals surface area contributed by atoms with Crippen molar-refractivity contribution in [1.29, 1.82) is 0 Å². The summed E-state index contributed by atoms with van der Waals surface area (Å²) in [6.07, 6.45) is 2.80. The Bertz CT molecular complexity index is 1040. The van der Waals surface area contributed by atoms with Gasteiger partial charge in [0, 0.05) is 11.6 Å². The molecule has 2 N–H and O–H groups in total. The van der Waals surface area contributed by atoms with Gasteiger partial charge in [0.05, 0.1) is 13.4 Å². The van der Waals surface area contributed by atoms with Gasteiger partial charge in [-0.2, -0.15) is 0 Å². The Kier molecular flexibility index (Phi) is 3.58. The Morgan fingerprint density at radius 3 is 2.84 bits per heavy atom. The van der Waals surface area contributed by atoms with Crippen molar-refractivity contribution < 1.29 is 14.1 Å². The molecule has 0 aliphatic heterocycles. The van der Waals surface area contributed by atoms with Gasteiger partial charge in [-0.05, 0) is 24.3 Å². The molecule has 0 saturated heterocycles. The van der Waals surface area contributed by atoms with E-state index in [1.807, 2.05) is 12.1 Å². The van der Waals surface area contributed by atoms with E-state index in [4.69, 9.17) is 9.26 Å². The molecule has 3 aromatic heterocycles. The standard InChI is InChI=1S/C16H12N6O3/c1-24-10-4-2-9(3-5-10)12-6-11(22-25-12)16(23)21-15-13-14(18-7-17-13)19-8-20-15/h2-8H,1H3,(H2,17,18,19,20,21,23). The van der Waals surface area contributed by atoms with Crippen LogP contribution in [0.4, 0.5) is 5.82 Å². The van der Waals surface area contributed by atoms with Crippen LogP contribution in [0.25, 0.3) is 22.5 Å². The van der Waals surface area contributed by atoms with Crippen LogP contribution in [0.1, 0.15) is 10.5 Å². The van der Waals surface area contributed by atoms with Crippen LogP contribution < -0.4 is 10.1 Å². The Balaban J connectivity index is 1.57. The summed E-state index contributed by atoms with van der Waals surface area (Å²) in [7, 11) is 1.59. The van der Waals surface area contributed by atoms with Gasteiger partial charge in [0.25, 0.3) is 5.91 Å². The van der Waals surface area contributed by atoms with E-state index >= 15 is 0 Å². The number of benzene rings is 1. The van der Waals surface area contributed by atoms with Crippen molar-refractivity contribution in [3.8, 4) is 17.1 Å². The molecule has 124 valence electrons. The number of methoxy groups -OCH3 is 1. The van der Waals surface area contributed by atoms with Crippen molar-refractivity contribution in [2.75, 3.05) is 12.4 Å². The van der Waals surface area contributed by atoms with Crippen molar-refractivity contribution in [3.05, 3.63) is 48.7 Å². The number of carbonyl (C=O) groups excluding carboxylic acids is 1. The fourth-order valence-electron chi connectivity index (χ4n) is 2.30. The highest BCUT2D eigenvalue weighted by atomic mass is 16.5. The van der Waals surface area contributed by atoms with E-state index < -0.39 is 5.91 Å². The molecule has 0 unspecified atom stereocenters. The molecule has 4 rings (SSSR count). The topological polar surface area (TPSA) is 119 Å². The van der Waals surface area contributed by atoms with Gasteiger partial charge in [0.1, 0.15) is 17.6 Å². The molecule has 1 amide bonds. The van der Waals surface area contributed by atoms with Gasteiger partial charge < -0.3 is 19.6 Å². The second-order valence-electron chi connectivity index (χ2n) is 5.08. The van der Waals surface area contributed by atoms with Gasteiger partial charge in [-0.25, -0.2) is 15.0 Å². The summed E-state index contributed by atoms with van der Waals surface area (Å²) in [5.41, 5.74) is 1.92. The van der Waals surface area contributed by atoms with E-state index in [1.165, 1.54) is 12.7 Å². The average Bonchev–Trinajstić information content (AvgIpc) is 3.32. The number of nitrogens with zero attached hydrogens (tertiary/aromatic N) is 4. The molecule has 0 bridgehead atoms. The minimum absolute atomic E-state index is 0.136. The molecule has 0 fully saturated rings. The second-order valence-corrected chi connectivity index (χ2v) is 5.08. The number of carbonyl (C=O) groups is 1.